The van der Waals surface area contributed by atoms with Gasteiger partial charge in [-0.3, -0.25) is 0 Å². The van der Waals surface area contributed by atoms with Crippen LogP contribution in [-0.2, 0) is 12.1 Å². The average molecular weight is 515 g/mol. The van der Waals surface area contributed by atoms with Crippen LogP contribution in [0.2, 0.25) is 0 Å². The van der Waals surface area contributed by atoms with Crippen LogP contribution < -0.4 is 16.4 Å². The van der Waals surface area contributed by atoms with Crippen molar-refractivity contribution in [1.82, 2.24) is 10.2 Å². The molecule has 10 heteroatoms. The number of aliphatic hydroxyl groups is 1. The molecule has 0 radical (unpaired) electrons. The van der Waals surface area contributed by atoms with Gasteiger partial charge in [-0.25, -0.2) is 22.4 Å². The van der Waals surface area contributed by atoms with E-state index in [0.717, 1.165) is 18.2 Å². The second kappa shape index (κ2) is 9.77. The van der Waals surface area contributed by atoms with Gasteiger partial charge in [-0.2, -0.15) is 0 Å². The van der Waals surface area contributed by atoms with E-state index in [-0.39, 0.29) is 48.3 Å². The maximum atomic E-state index is 14.6. The summed E-state index contributed by atoms with van der Waals surface area (Å²) in [5.41, 5.74) is 5.44. The summed E-state index contributed by atoms with van der Waals surface area (Å²) in [6.07, 6.45) is 0. The molecule has 6 nitrogen and oxygen atoms in total. The normalized spacial score (nSPS) is 23.1. The number of carbonyl (C=O) groups excluding carboxylic acids is 1. The van der Waals surface area contributed by atoms with E-state index in [1.807, 2.05) is 0 Å². The van der Waals surface area contributed by atoms with Crippen molar-refractivity contribution in [2.24, 2.45) is 17.6 Å². The summed E-state index contributed by atoms with van der Waals surface area (Å²) in [5.74, 6) is -4.31. The van der Waals surface area contributed by atoms with Gasteiger partial charge in [0, 0.05) is 67.4 Å². The highest BCUT2D eigenvalue weighted by atomic mass is 19.2. The highest BCUT2D eigenvalue weighted by molar-refractivity contribution is 5.89. The lowest BCUT2D eigenvalue weighted by Crippen LogP contribution is -2.65. The Kier molecular flexibility index (Phi) is 6.65. The molecule has 0 saturated carbocycles. The van der Waals surface area contributed by atoms with E-state index in [1.165, 1.54) is 17.0 Å². The summed E-state index contributed by atoms with van der Waals surface area (Å²) in [5, 5.41) is 17.7. The van der Waals surface area contributed by atoms with Gasteiger partial charge in [0.15, 0.2) is 11.6 Å². The third-order valence-corrected chi connectivity index (χ3v) is 7.35. The summed E-state index contributed by atoms with van der Waals surface area (Å²) in [4.78, 5) is 14.4. The molecule has 194 valence electrons. The molecular weight excluding hydrogens is 488 g/mol. The van der Waals surface area contributed by atoms with Gasteiger partial charge < -0.3 is 26.4 Å². The first-order valence-electron chi connectivity index (χ1n) is 11.9. The minimum Gasteiger partial charge on any atom is -0.384 e. The Morgan fingerprint density at radius 3 is 2.19 bits per heavy atom. The second-order valence-corrected chi connectivity index (χ2v) is 9.55. The fourth-order valence-corrected chi connectivity index (χ4v) is 5.44. The van der Waals surface area contributed by atoms with Crippen LogP contribution in [-0.4, -0.2) is 42.2 Å². The number of nitrogens with zero attached hydrogens (tertiary/aromatic N) is 1. The number of rotatable bonds is 4. The van der Waals surface area contributed by atoms with Crippen LogP contribution in [0.25, 0.3) is 11.1 Å². The van der Waals surface area contributed by atoms with Crippen molar-refractivity contribution in [1.29, 1.82) is 0 Å². The lowest BCUT2D eigenvalue weighted by Gasteiger charge is -2.53. The number of nitrogens with one attached hydrogen (secondary N) is 2. The molecule has 2 aliphatic heterocycles. The predicted octanol–water partition coefficient (Wildman–Crippen LogP) is 3.94. The summed E-state index contributed by atoms with van der Waals surface area (Å²) in [6.45, 7) is 1.17. The van der Waals surface area contributed by atoms with E-state index in [2.05, 4.69) is 10.6 Å². The number of halogens is 4. The van der Waals surface area contributed by atoms with Crippen molar-refractivity contribution < 1.29 is 27.5 Å². The Labute approximate surface area is 211 Å². The zero-order valence-corrected chi connectivity index (χ0v) is 19.8. The number of benzene rings is 3. The molecule has 37 heavy (non-hydrogen) atoms. The summed E-state index contributed by atoms with van der Waals surface area (Å²) >= 11 is 0. The molecule has 3 aromatic rings. The molecular formula is C27H26F4N4O2. The number of hydrogen-bond donors (Lipinski definition) is 4. The molecule has 2 saturated heterocycles. The largest absolute Gasteiger partial charge is 0.384 e. The topological polar surface area (TPSA) is 90.6 Å². The average Bonchev–Trinajstić information content (AvgIpc) is 2.85. The van der Waals surface area contributed by atoms with E-state index >= 15 is 0 Å². The van der Waals surface area contributed by atoms with Crippen molar-refractivity contribution in [3.63, 3.8) is 0 Å². The number of urea groups is 1. The first-order chi connectivity index (χ1) is 17.7. The van der Waals surface area contributed by atoms with Gasteiger partial charge in [0.2, 0.25) is 0 Å². The van der Waals surface area contributed by atoms with Gasteiger partial charge in [0.05, 0.1) is 0 Å². The highest BCUT2D eigenvalue weighted by Gasteiger charge is 2.52. The Bertz CT molecular complexity index is 1300. The second-order valence-electron chi connectivity index (χ2n) is 9.55. The van der Waals surface area contributed by atoms with E-state index in [0.29, 0.717) is 24.2 Å². The monoisotopic (exact) mass is 514 g/mol. The minimum atomic E-state index is -1.27. The van der Waals surface area contributed by atoms with Crippen LogP contribution in [0.5, 0.6) is 0 Å². The fourth-order valence-electron chi connectivity index (χ4n) is 5.44. The van der Waals surface area contributed by atoms with Gasteiger partial charge in [0.25, 0.3) is 0 Å². The zero-order chi connectivity index (χ0) is 26.3. The van der Waals surface area contributed by atoms with Gasteiger partial charge in [-0.15, -0.1) is 0 Å². The first kappa shape index (κ1) is 25.2. The van der Waals surface area contributed by atoms with Crippen LogP contribution in [0.15, 0.2) is 54.6 Å². The molecule has 0 aliphatic carbocycles. The maximum Gasteiger partial charge on any atom is 0.321 e. The molecule has 2 heterocycles. The Balaban J connectivity index is 1.36. The molecule has 0 aromatic heterocycles. The first-order valence-corrected chi connectivity index (χ1v) is 11.9. The van der Waals surface area contributed by atoms with E-state index in [1.54, 1.807) is 24.3 Å². The van der Waals surface area contributed by atoms with Crippen LogP contribution in [0, 0.1) is 35.1 Å². The number of anilines is 1. The number of piperidine rings is 2. The van der Waals surface area contributed by atoms with Gasteiger partial charge in [-0.1, -0.05) is 36.4 Å². The quantitative estimate of drug-likeness (QED) is 0.397. The number of nitrogens with two attached hydrogens (primary N) is 1. The Morgan fingerprint density at radius 1 is 0.973 bits per heavy atom. The van der Waals surface area contributed by atoms with Crippen LogP contribution >= 0.6 is 0 Å². The molecule has 5 N–H and O–H groups in total. The van der Waals surface area contributed by atoms with E-state index < -0.39 is 34.9 Å². The van der Waals surface area contributed by atoms with Crippen molar-refractivity contribution in [3.8, 4) is 11.1 Å². The number of fused-ring (bicyclic) bond motifs is 2. The Hall–Kier alpha value is -3.47. The summed E-state index contributed by atoms with van der Waals surface area (Å²) in [7, 11) is 0. The molecule has 5 rings (SSSR count). The number of amides is 2. The molecule has 3 aromatic carbocycles. The van der Waals surface area contributed by atoms with Gasteiger partial charge >= 0.3 is 6.03 Å². The van der Waals surface area contributed by atoms with Crippen molar-refractivity contribution in [2.75, 3.05) is 31.5 Å². The van der Waals surface area contributed by atoms with Crippen LogP contribution in [0.1, 0.15) is 11.1 Å². The van der Waals surface area contributed by atoms with Crippen molar-refractivity contribution in [3.05, 3.63) is 89.0 Å². The van der Waals surface area contributed by atoms with E-state index in [4.69, 9.17) is 5.73 Å². The smallest absolute Gasteiger partial charge is 0.321 e. The third kappa shape index (κ3) is 4.56. The molecule has 2 fully saturated rings. The zero-order valence-electron chi connectivity index (χ0n) is 19.8. The lowest BCUT2D eigenvalue weighted by atomic mass is 9.67. The third-order valence-electron chi connectivity index (χ3n) is 7.35. The predicted molar refractivity (Wildman–Crippen MR) is 130 cm³/mol. The molecule has 2 unspecified atom stereocenters. The van der Waals surface area contributed by atoms with Crippen LogP contribution in [0.3, 0.4) is 0 Å². The number of hydrogen-bond acceptors (Lipinski definition) is 4. The summed E-state index contributed by atoms with van der Waals surface area (Å²) in [6, 6.07) is 11.8. The molecule has 2 amide bonds. The maximum absolute atomic E-state index is 14.6. The molecule has 2 atom stereocenters. The van der Waals surface area contributed by atoms with Crippen molar-refractivity contribution in [2.45, 2.75) is 12.1 Å². The molecule has 2 bridgehead atoms. The Morgan fingerprint density at radius 2 is 1.59 bits per heavy atom. The molecule has 2 aliphatic rings. The SMILES string of the molecule is NCc1ccc(-c2ccc(C3(O)C4CNCC3CN(C(=O)Nc3cc(F)cc(F)c3)C4)cc2)c(F)c1F. The van der Waals surface area contributed by atoms with Crippen LogP contribution in [0.4, 0.5) is 28.0 Å². The molecule has 0 spiro atoms. The lowest BCUT2D eigenvalue weighted by molar-refractivity contribution is -0.129. The van der Waals surface area contributed by atoms with Gasteiger partial charge in [-0.05, 0) is 23.3 Å². The number of likely N-dealkylation sites (tertiary alicyclic amines) is 1. The minimum absolute atomic E-state index is 0.00497. The van der Waals surface area contributed by atoms with E-state index in [9.17, 15) is 27.5 Å². The van der Waals surface area contributed by atoms with Gasteiger partial charge in [0.1, 0.15) is 17.2 Å². The van der Waals surface area contributed by atoms with Crippen molar-refractivity contribution >= 4 is 11.7 Å². The standard InChI is InChI=1S/C27H26F4N4O2/c28-20-7-21(29)9-22(8-20)34-26(36)35-13-18-11-33-12-19(14-35)27(18,37)17-4-1-15(2-5-17)23-6-3-16(10-32)24(30)25(23)31/h1-9,18-19,33,37H,10-14,32H2,(H,34,36). The fraction of sp³-hybridized carbons (Fsp3) is 0.296. The summed E-state index contributed by atoms with van der Waals surface area (Å²) < 4.78 is 55.9. The number of carbonyl (C=O) groups is 1. The highest BCUT2D eigenvalue weighted by Crippen LogP contribution is 2.44.